The molecule has 0 atom stereocenters. The topological polar surface area (TPSA) is 92.4 Å². The van der Waals surface area contributed by atoms with E-state index in [1.165, 1.54) is 49.2 Å². The number of aromatic nitrogens is 2. The molecule has 27 heavy (non-hydrogen) atoms. The highest BCUT2D eigenvalue weighted by atomic mass is 32.2. The Kier molecular flexibility index (Phi) is 5.34. The van der Waals surface area contributed by atoms with Crippen molar-refractivity contribution in [2.45, 2.75) is 42.9 Å². The standard InChI is InChI=1S/C18H25N5O2S2/c19-17-20-18(26-21-17)22-10-12-23(13-11-22)27(24,25)16-8-6-15(7-9-16)14-4-2-1-3-5-14/h6-9,14H,1-5,10-13H2,(H2,19,21). The minimum Gasteiger partial charge on any atom is -0.367 e. The van der Waals surface area contributed by atoms with Gasteiger partial charge in [0.2, 0.25) is 21.1 Å². The minimum absolute atomic E-state index is 0.267. The van der Waals surface area contributed by atoms with E-state index in [4.69, 9.17) is 5.73 Å². The molecule has 2 fully saturated rings. The molecule has 0 amide bonds. The lowest BCUT2D eigenvalue weighted by molar-refractivity contribution is 0.384. The Morgan fingerprint density at radius 1 is 1.00 bits per heavy atom. The number of hydrogen-bond acceptors (Lipinski definition) is 7. The smallest absolute Gasteiger partial charge is 0.243 e. The van der Waals surface area contributed by atoms with Crippen LogP contribution in [0.25, 0.3) is 0 Å². The molecule has 2 heterocycles. The van der Waals surface area contributed by atoms with Crippen LogP contribution in [-0.4, -0.2) is 48.3 Å². The van der Waals surface area contributed by atoms with Gasteiger partial charge in [0, 0.05) is 37.7 Å². The predicted octanol–water partition coefficient (Wildman–Crippen LogP) is 2.68. The first-order valence-corrected chi connectivity index (χ1v) is 11.7. The highest BCUT2D eigenvalue weighted by Gasteiger charge is 2.29. The van der Waals surface area contributed by atoms with Crippen molar-refractivity contribution in [1.29, 1.82) is 0 Å². The quantitative estimate of drug-likeness (QED) is 0.838. The van der Waals surface area contributed by atoms with Crippen LogP contribution in [-0.2, 0) is 10.0 Å². The highest BCUT2D eigenvalue weighted by Crippen LogP contribution is 2.33. The lowest BCUT2D eigenvalue weighted by Gasteiger charge is -2.33. The normalized spacial score (nSPS) is 20.1. The van der Waals surface area contributed by atoms with Gasteiger partial charge in [0.15, 0.2) is 0 Å². The number of hydrogen-bond donors (Lipinski definition) is 1. The number of benzene rings is 1. The van der Waals surface area contributed by atoms with Crippen molar-refractivity contribution in [3.8, 4) is 0 Å². The Labute approximate surface area is 164 Å². The molecule has 1 aliphatic carbocycles. The van der Waals surface area contributed by atoms with Crippen molar-refractivity contribution >= 4 is 32.6 Å². The maximum atomic E-state index is 13.0. The van der Waals surface area contributed by atoms with E-state index in [2.05, 4.69) is 9.36 Å². The van der Waals surface area contributed by atoms with Crippen LogP contribution in [0.1, 0.15) is 43.6 Å². The average molecular weight is 408 g/mol. The molecule has 1 saturated heterocycles. The molecule has 0 bridgehead atoms. The van der Waals surface area contributed by atoms with Crippen molar-refractivity contribution in [3.05, 3.63) is 29.8 Å². The summed E-state index contributed by atoms with van der Waals surface area (Å²) in [5.41, 5.74) is 6.85. The van der Waals surface area contributed by atoms with E-state index < -0.39 is 10.0 Å². The summed E-state index contributed by atoms with van der Waals surface area (Å²) in [6.07, 6.45) is 6.29. The van der Waals surface area contributed by atoms with Crippen LogP contribution in [0, 0.1) is 0 Å². The number of piperazine rings is 1. The van der Waals surface area contributed by atoms with Crippen LogP contribution in [0.4, 0.5) is 11.1 Å². The first-order valence-electron chi connectivity index (χ1n) is 9.48. The van der Waals surface area contributed by atoms with Crippen LogP contribution in [0.2, 0.25) is 0 Å². The van der Waals surface area contributed by atoms with Gasteiger partial charge in [0.1, 0.15) is 0 Å². The molecule has 2 aliphatic rings. The van der Waals surface area contributed by atoms with Crippen molar-refractivity contribution < 1.29 is 8.42 Å². The molecule has 0 unspecified atom stereocenters. The van der Waals surface area contributed by atoms with E-state index in [0.717, 1.165) is 5.13 Å². The number of rotatable bonds is 4. The maximum absolute atomic E-state index is 13.0. The summed E-state index contributed by atoms with van der Waals surface area (Å²) < 4.78 is 31.5. The van der Waals surface area contributed by atoms with Crippen molar-refractivity contribution in [1.82, 2.24) is 13.7 Å². The minimum atomic E-state index is -3.46. The molecule has 1 saturated carbocycles. The molecular weight excluding hydrogens is 382 g/mol. The van der Waals surface area contributed by atoms with Crippen molar-refractivity contribution in [2.24, 2.45) is 0 Å². The number of anilines is 2. The lowest BCUT2D eigenvalue weighted by Crippen LogP contribution is -2.48. The van der Waals surface area contributed by atoms with Gasteiger partial charge in [-0.05, 0) is 36.5 Å². The molecule has 1 aromatic carbocycles. The van der Waals surface area contributed by atoms with Gasteiger partial charge in [-0.15, -0.1) is 0 Å². The number of nitrogens with zero attached hydrogens (tertiary/aromatic N) is 4. The molecular formula is C18H25N5O2S2. The monoisotopic (exact) mass is 407 g/mol. The third-order valence-corrected chi connectivity index (χ3v) is 8.24. The van der Waals surface area contributed by atoms with Crippen molar-refractivity contribution in [3.63, 3.8) is 0 Å². The predicted molar refractivity (Wildman–Crippen MR) is 108 cm³/mol. The Balaban J connectivity index is 1.42. The SMILES string of the molecule is Nc1nsc(N2CCN(S(=O)(=O)c3ccc(C4CCCCC4)cc3)CC2)n1. The van der Waals surface area contributed by atoms with Crippen molar-refractivity contribution in [2.75, 3.05) is 36.8 Å². The van der Waals surface area contributed by atoms with Crippen LogP contribution >= 0.6 is 11.5 Å². The molecule has 1 aromatic heterocycles. The van der Waals surface area contributed by atoms with Crippen LogP contribution in [0.15, 0.2) is 29.2 Å². The fraction of sp³-hybridized carbons (Fsp3) is 0.556. The number of nitrogen functional groups attached to an aromatic ring is 1. The Bertz CT molecular complexity index is 867. The summed E-state index contributed by atoms with van der Waals surface area (Å²) >= 11 is 1.25. The fourth-order valence-electron chi connectivity index (χ4n) is 3.97. The zero-order valence-electron chi connectivity index (χ0n) is 15.2. The summed E-state index contributed by atoms with van der Waals surface area (Å²) in [7, 11) is -3.46. The summed E-state index contributed by atoms with van der Waals surface area (Å²) in [6, 6.07) is 7.56. The van der Waals surface area contributed by atoms with Gasteiger partial charge in [-0.3, -0.25) is 0 Å². The molecule has 0 radical (unpaired) electrons. The molecule has 2 aromatic rings. The second-order valence-corrected chi connectivity index (χ2v) is 9.90. The van der Waals surface area contributed by atoms with Crippen LogP contribution < -0.4 is 10.6 Å². The molecule has 0 spiro atoms. The Hall–Kier alpha value is -1.71. The van der Waals surface area contributed by atoms with Gasteiger partial charge in [-0.2, -0.15) is 13.7 Å². The fourth-order valence-corrected chi connectivity index (χ4v) is 6.04. The Morgan fingerprint density at radius 3 is 2.26 bits per heavy atom. The molecule has 4 rings (SSSR count). The second kappa shape index (κ2) is 7.73. The van der Waals surface area contributed by atoms with E-state index >= 15 is 0 Å². The zero-order valence-corrected chi connectivity index (χ0v) is 16.9. The van der Waals surface area contributed by atoms with E-state index in [1.807, 2.05) is 17.0 Å². The van der Waals surface area contributed by atoms with Gasteiger partial charge in [0.25, 0.3) is 0 Å². The average Bonchev–Trinajstić information content (AvgIpc) is 3.15. The van der Waals surface area contributed by atoms with Gasteiger partial charge < -0.3 is 10.6 Å². The summed E-state index contributed by atoms with van der Waals surface area (Å²) in [6.45, 7) is 2.06. The molecule has 7 nitrogen and oxygen atoms in total. The number of sulfonamides is 1. The van der Waals surface area contributed by atoms with Gasteiger partial charge in [0.05, 0.1) is 4.90 Å². The third-order valence-electron chi connectivity index (χ3n) is 5.53. The van der Waals surface area contributed by atoms with E-state index in [0.29, 0.717) is 37.0 Å². The lowest BCUT2D eigenvalue weighted by atomic mass is 9.84. The number of nitrogens with two attached hydrogens (primary N) is 1. The first kappa shape index (κ1) is 18.6. The summed E-state index contributed by atoms with van der Waals surface area (Å²) in [4.78, 5) is 6.60. The van der Waals surface area contributed by atoms with Gasteiger partial charge >= 0.3 is 0 Å². The molecule has 146 valence electrons. The zero-order chi connectivity index (χ0) is 18.9. The maximum Gasteiger partial charge on any atom is 0.243 e. The molecule has 2 N–H and O–H groups in total. The van der Waals surface area contributed by atoms with Gasteiger partial charge in [-0.1, -0.05) is 31.4 Å². The van der Waals surface area contributed by atoms with Crippen LogP contribution in [0.3, 0.4) is 0 Å². The third kappa shape index (κ3) is 3.95. The Morgan fingerprint density at radius 2 is 1.67 bits per heavy atom. The molecule has 1 aliphatic heterocycles. The second-order valence-electron chi connectivity index (χ2n) is 7.23. The summed E-state index contributed by atoms with van der Waals surface area (Å²) in [5, 5.41) is 0.751. The van der Waals surface area contributed by atoms with Crippen LogP contribution in [0.5, 0.6) is 0 Å². The first-order chi connectivity index (χ1) is 13.0. The van der Waals surface area contributed by atoms with E-state index in [-0.39, 0.29) is 5.95 Å². The van der Waals surface area contributed by atoms with E-state index in [9.17, 15) is 8.42 Å². The molecule has 9 heteroatoms. The van der Waals surface area contributed by atoms with E-state index in [1.54, 1.807) is 16.4 Å². The van der Waals surface area contributed by atoms with Gasteiger partial charge in [-0.25, -0.2) is 8.42 Å². The largest absolute Gasteiger partial charge is 0.367 e. The summed E-state index contributed by atoms with van der Waals surface area (Å²) in [5.74, 6) is 0.849. The highest BCUT2D eigenvalue weighted by molar-refractivity contribution is 7.89.